The molecule has 8 N–H and O–H groups in total. The van der Waals surface area contributed by atoms with E-state index in [1.807, 2.05) is 0 Å². The molecule has 23 heavy (non-hydrogen) atoms. The molecule has 10 nitrogen and oxygen atoms in total. The molecular formula is C12H22O10S. The summed E-state index contributed by atoms with van der Waals surface area (Å²) in [7, 11) is 0. The molecule has 0 aromatic carbocycles. The van der Waals surface area contributed by atoms with Crippen molar-refractivity contribution in [2.45, 2.75) is 59.7 Å². The summed E-state index contributed by atoms with van der Waals surface area (Å²) < 4.78 is 10.5. The molecule has 2 unspecified atom stereocenters. The quantitative estimate of drug-likeness (QED) is 0.242. The second-order valence-corrected chi connectivity index (χ2v) is 6.73. The van der Waals surface area contributed by atoms with Crippen molar-refractivity contribution in [1.82, 2.24) is 0 Å². The third-order valence-electron chi connectivity index (χ3n) is 3.97. The van der Waals surface area contributed by atoms with Crippen LogP contribution in [-0.2, 0) is 9.47 Å². The van der Waals surface area contributed by atoms with Crippen LogP contribution in [-0.4, -0.2) is 114 Å². The fourth-order valence-corrected chi connectivity index (χ4v) is 3.81. The van der Waals surface area contributed by atoms with Crippen LogP contribution in [0.15, 0.2) is 0 Å². The topological polar surface area (TPSA) is 180 Å². The molecule has 11 heteroatoms. The summed E-state index contributed by atoms with van der Waals surface area (Å²) in [4.78, 5) is 0. The molecule has 2 aliphatic rings. The average molecular weight is 358 g/mol. The van der Waals surface area contributed by atoms with Gasteiger partial charge in [0, 0.05) is 0 Å². The van der Waals surface area contributed by atoms with E-state index in [9.17, 15) is 30.6 Å². The highest BCUT2D eigenvalue weighted by atomic mass is 32.2. The Balaban J connectivity index is 2.07. The normalized spacial score (nSPS) is 51.7. The van der Waals surface area contributed by atoms with Gasteiger partial charge in [0.25, 0.3) is 0 Å². The highest BCUT2D eigenvalue weighted by Gasteiger charge is 2.49. The van der Waals surface area contributed by atoms with Crippen molar-refractivity contribution >= 4 is 11.8 Å². The molecular weight excluding hydrogens is 336 g/mol. The van der Waals surface area contributed by atoms with E-state index < -0.39 is 72.9 Å². The van der Waals surface area contributed by atoms with Gasteiger partial charge in [0.1, 0.15) is 59.7 Å². The Kier molecular flexibility index (Phi) is 6.61. The summed E-state index contributed by atoms with van der Waals surface area (Å²) in [5.74, 6) is 0. The Labute approximate surface area is 135 Å². The predicted octanol–water partition coefficient (Wildman–Crippen LogP) is -4.68. The minimum Gasteiger partial charge on any atom is -0.394 e. The second kappa shape index (κ2) is 7.89. The lowest BCUT2D eigenvalue weighted by molar-refractivity contribution is -0.214. The largest absolute Gasteiger partial charge is 0.394 e. The number of hydrogen-bond acceptors (Lipinski definition) is 11. The third kappa shape index (κ3) is 3.80. The van der Waals surface area contributed by atoms with Crippen molar-refractivity contribution in [3.8, 4) is 0 Å². The van der Waals surface area contributed by atoms with E-state index in [2.05, 4.69) is 0 Å². The first-order chi connectivity index (χ1) is 10.8. The molecule has 0 aromatic rings. The summed E-state index contributed by atoms with van der Waals surface area (Å²) in [6.45, 7) is -1.20. The maximum atomic E-state index is 9.94. The van der Waals surface area contributed by atoms with E-state index in [4.69, 9.17) is 19.7 Å². The number of hydrogen-bond donors (Lipinski definition) is 8. The lowest BCUT2D eigenvalue weighted by Gasteiger charge is -2.44. The van der Waals surface area contributed by atoms with E-state index in [1.165, 1.54) is 0 Å². The highest BCUT2D eigenvalue weighted by molar-refractivity contribution is 8.00. The minimum atomic E-state index is -1.58. The third-order valence-corrected chi connectivity index (χ3v) is 5.28. The van der Waals surface area contributed by atoms with E-state index in [0.717, 1.165) is 0 Å². The summed E-state index contributed by atoms with van der Waals surface area (Å²) >= 11 is 0.699. The first-order valence-electron chi connectivity index (χ1n) is 7.08. The molecule has 136 valence electrons. The van der Waals surface area contributed by atoms with E-state index >= 15 is 0 Å². The molecule has 0 bridgehead atoms. The Morgan fingerprint density at radius 1 is 0.565 bits per heavy atom. The van der Waals surface area contributed by atoms with E-state index in [-0.39, 0.29) is 0 Å². The number of rotatable bonds is 4. The zero-order valence-electron chi connectivity index (χ0n) is 12.0. The Bertz CT molecular complexity index is 349. The fourth-order valence-electron chi connectivity index (χ4n) is 2.49. The minimum absolute atomic E-state index is 0.601. The first kappa shape index (κ1) is 19.3. The Hall–Kier alpha value is -0.0500. The number of ether oxygens (including phenoxy) is 2. The monoisotopic (exact) mass is 358 g/mol. The van der Waals surface area contributed by atoms with Crippen LogP contribution < -0.4 is 0 Å². The van der Waals surface area contributed by atoms with Crippen molar-refractivity contribution in [2.75, 3.05) is 13.2 Å². The number of aliphatic hydroxyl groups excluding tert-OH is 8. The van der Waals surface area contributed by atoms with E-state index in [1.54, 1.807) is 0 Å². The molecule has 0 radical (unpaired) electrons. The van der Waals surface area contributed by atoms with Crippen LogP contribution in [0.5, 0.6) is 0 Å². The standard InChI is InChI=1S/C12H22O10S/c13-1-3-5(15)7(17)9(19)11(21-3)23-12-10(20)8(18)6(16)4(2-14)22-12/h3-20H,1-2H2/t3-,4-,5-,6-,7+,8+,9-,10-,11?,12?/m1/s1. The molecule has 10 atom stereocenters. The molecule has 0 aromatic heterocycles. The maximum Gasteiger partial charge on any atom is 0.134 e. The van der Waals surface area contributed by atoms with Crippen molar-refractivity contribution in [3.63, 3.8) is 0 Å². The predicted molar refractivity (Wildman–Crippen MR) is 75.1 cm³/mol. The van der Waals surface area contributed by atoms with Gasteiger partial charge in [-0.15, -0.1) is 0 Å². The summed E-state index contributed by atoms with van der Waals surface area (Å²) in [6.07, 6.45) is -11.5. The van der Waals surface area contributed by atoms with Gasteiger partial charge in [-0.25, -0.2) is 0 Å². The lowest BCUT2D eigenvalue weighted by Crippen LogP contribution is -2.60. The maximum absolute atomic E-state index is 9.94. The van der Waals surface area contributed by atoms with Crippen molar-refractivity contribution in [2.24, 2.45) is 0 Å². The lowest BCUT2D eigenvalue weighted by atomic mass is 10.0. The smallest absolute Gasteiger partial charge is 0.134 e. The second-order valence-electron chi connectivity index (χ2n) is 5.53. The fraction of sp³-hybridized carbons (Fsp3) is 1.00. The van der Waals surface area contributed by atoms with Crippen molar-refractivity contribution < 1.29 is 50.3 Å². The molecule has 2 fully saturated rings. The van der Waals surface area contributed by atoms with Gasteiger partial charge in [0.2, 0.25) is 0 Å². The molecule has 0 aliphatic carbocycles. The molecule has 2 rings (SSSR count). The highest BCUT2D eigenvalue weighted by Crippen LogP contribution is 2.36. The van der Waals surface area contributed by atoms with Gasteiger partial charge in [-0.05, 0) is 0 Å². The van der Waals surface area contributed by atoms with Crippen LogP contribution in [0.2, 0.25) is 0 Å². The molecule has 0 amide bonds. The zero-order valence-corrected chi connectivity index (χ0v) is 12.8. The van der Waals surface area contributed by atoms with Gasteiger partial charge < -0.3 is 50.3 Å². The van der Waals surface area contributed by atoms with Gasteiger partial charge in [-0.1, -0.05) is 11.8 Å². The van der Waals surface area contributed by atoms with Gasteiger partial charge in [0.05, 0.1) is 13.2 Å². The van der Waals surface area contributed by atoms with Crippen LogP contribution in [0.3, 0.4) is 0 Å². The molecule has 2 heterocycles. The number of thioether (sulfide) groups is 1. The Morgan fingerprint density at radius 3 is 1.22 bits per heavy atom. The van der Waals surface area contributed by atoms with Crippen molar-refractivity contribution in [1.29, 1.82) is 0 Å². The van der Waals surface area contributed by atoms with Crippen LogP contribution in [0, 0.1) is 0 Å². The SMILES string of the molecule is OC[C@H]1OC(SC2O[C@H](CO)[C@@H](O)[C@H](O)[C@H]2O)[C@H](O)[C@@H](O)[C@@H]1O. The molecule has 0 saturated carbocycles. The summed E-state index contributed by atoms with van der Waals surface area (Å²) in [6, 6.07) is 0. The zero-order chi connectivity index (χ0) is 17.3. The van der Waals surface area contributed by atoms with Crippen LogP contribution in [0.25, 0.3) is 0 Å². The summed E-state index contributed by atoms with van der Waals surface area (Å²) in [5.41, 5.74) is -2.35. The summed E-state index contributed by atoms with van der Waals surface area (Å²) in [5, 5.41) is 77.0. The Morgan fingerprint density at radius 2 is 0.913 bits per heavy atom. The molecule has 2 saturated heterocycles. The number of aliphatic hydroxyl groups is 8. The van der Waals surface area contributed by atoms with Crippen LogP contribution in [0.1, 0.15) is 0 Å². The average Bonchev–Trinajstić information content (AvgIpc) is 2.55. The van der Waals surface area contributed by atoms with Crippen LogP contribution >= 0.6 is 11.8 Å². The molecule has 0 spiro atoms. The molecule has 2 aliphatic heterocycles. The van der Waals surface area contributed by atoms with Crippen molar-refractivity contribution in [3.05, 3.63) is 0 Å². The van der Waals surface area contributed by atoms with Gasteiger partial charge in [0.15, 0.2) is 0 Å². The van der Waals surface area contributed by atoms with E-state index in [0.29, 0.717) is 11.8 Å². The van der Waals surface area contributed by atoms with Gasteiger partial charge >= 0.3 is 0 Å². The van der Waals surface area contributed by atoms with Crippen LogP contribution in [0.4, 0.5) is 0 Å². The first-order valence-corrected chi connectivity index (χ1v) is 8.02. The van der Waals surface area contributed by atoms with Gasteiger partial charge in [-0.2, -0.15) is 0 Å². The van der Waals surface area contributed by atoms with Gasteiger partial charge in [-0.3, -0.25) is 0 Å².